The van der Waals surface area contributed by atoms with Gasteiger partial charge in [-0.3, -0.25) is 4.79 Å². The maximum Gasteiger partial charge on any atom is 0.169 e. The lowest BCUT2D eigenvalue weighted by atomic mass is 9.75. The van der Waals surface area contributed by atoms with E-state index in [2.05, 4.69) is 0 Å². The number of carbonyl (C=O) groups excluding carboxylic acids is 2. The van der Waals surface area contributed by atoms with E-state index in [1.54, 1.807) is 13.0 Å². The van der Waals surface area contributed by atoms with Crippen molar-refractivity contribution in [3.05, 3.63) is 35.1 Å². The first kappa shape index (κ1) is 13.9. The van der Waals surface area contributed by atoms with Gasteiger partial charge in [0.05, 0.1) is 0 Å². The fourth-order valence-electron chi connectivity index (χ4n) is 3.08. The number of carbonyl (C=O) groups is 2. The lowest BCUT2D eigenvalue weighted by Crippen LogP contribution is -2.28. The van der Waals surface area contributed by atoms with Crippen LogP contribution in [0.1, 0.15) is 55.5 Å². The second-order valence-corrected chi connectivity index (χ2v) is 5.54. The molecule has 1 aliphatic carbocycles. The molecule has 1 aliphatic rings. The highest BCUT2D eigenvalue weighted by atomic mass is 19.1. The number of fused-ring (bicyclic) bond motifs is 1. The Labute approximate surface area is 113 Å². The Morgan fingerprint density at radius 1 is 1.37 bits per heavy atom. The summed E-state index contributed by atoms with van der Waals surface area (Å²) in [4.78, 5) is 23.8. The Balaban J connectivity index is 2.32. The molecule has 0 radical (unpaired) electrons. The summed E-state index contributed by atoms with van der Waals surface area (Å²) >= 11 is 0. The predicted molar refractivity (Wildman–Crippen MR) is 71.7 cm³/mol. The van der Waals surface area contributed by atoms with Gasteiger partial charge >= 0.3 is 0 Å². The minimum Gasteiger partial charge on any atom is -0.300 e. The van der Waals surface area contributed by atoms with E-state index in [0.29, 0.717) is 24.8 Å². The lowest BCUT2D eigenvalue weighted by molar-refractivity contribution is -0.117. The average molecular weight is 262 g/mol. The van der Waals surface area contributed by atoms with Gasteiger partial charge in [0.2, 0.25) is 0 Å². The SMILES string of the molecule is CCCC1(CCC(C)=O)Cc2cc(F)ccc2C1=O. The molecule has 2 rings (SSSR count). The summed E-state index contributed by atoms with van der Waals surface area (Å²) in [5.41, 5.74) is 0.941. The molecule has 0 saturated heterocycles. The monoisotopic (exact) mass is 262 g/mol. The molecule has 1 atom stereocenters. The van der Waals surface area contributed by atoms with Crippen LogP contribution in [0.3, 0.4) is 0 Å². The van der Waals surface area contributed by atoms with Crippen LogP contribution in [-0.2, 0) is 11.2 Å². The zero-order valence-corrected chi connectivity index (χ0v) is 11.5. The Kier molecular flexibility index (Phi) is 3.83. The van der Waals surface area contributed by atoms with Gasteiger partial charge in [-0.2, -0.15) is 0 Å². The third kappa shape index (κ3) is 2.60. The zero-order chi connectivity index (χ0) is 14.0. The maximum atomic E-state index is 13.3. The third-order valence-corrected chi connectivity index (χ3v) is 4.01. The molecule has 0 spiro atoms. The average Bonchev–Trinajstić information content (AvgIpc) is 2.61. The molecule has 2 nitrogen and oxygen atoms in total. The molecule has 0 heterocycles. The fraction of sp³-hybridized carbons (Fsp3) is 0.500. The standard InChI is InChI=1S/C16H19FO2/c1-3-7-16(8-6-11(2)18)10-12-9-13(17)4-5-14(12)15(16)19/h4-5,9H,3,6-8,10H2,1-2H3. The summed E-state index contributed by atoms with van der Waals surface area (Å²) < 4.78 is 13.3. The Bertz CT molecular complexity index is 521. The van der Waals surface area contributed by atoms with Crippen molar-refractivity contribution in [1.29, 1.82) is 0 Å². The minimum absolute atomic E-state index is 0.0885. The number of Topliss-reactive ketones (excluding diaryl/α,β-unsaturated/α-hetero) is 2. The molecular weight excluding hydrogens is 243 g/mol. The summed E-state index contributed by atoms with van der Waals surface area (Å²) in [5.74, 6) is -0.110. The van der Waals surface area contributed by atoms with Crippen molar-refractivity contribution in [1.82, 2.24) is 0 Å². The largest absolute Gasteiger partial charge is 0.300 e. The minimum atomic E-state index is -0.490. The van der Waals surface area contributed by atoms with Gasteiger partial charge in [-0.15, -0.1) is 0 Å². The van der Waals surface area contributed by atoms with Crippen molar-refractivity contribution in [2.24, 2.45) is 5.41 Å². The van der Waals surface area contributed by atoms with Gasteiger partial charge in [-0.25, -0.2) is 4.39 Å². The number of hydrogen-bond acceptors (Lipinski definition) is 2. The van der Waals surface area contributed by atoms with Crippen LogP contribution >= 0.6 is 0 Å². The smallest absolute Gasteiger partial charge is 0.169 e. The van der Waals surface area contributed by atoms with Crippen molar-refractivity contribution in [2.45, 2.75) is 46.0 Å². The van der Waals surface area contributed by atoms with Crippen LogP contribution in [0.25, 0.3) is 0 Å². The quantitative estimate of drug-likeness (QED) is 0.810. The number of ketones is 2. The molecule has 1 unspecified atom stereocenters. The van der Waals surface area contributed by atoms with E-state index in [9.17, 15) is 14.0 Å². The molecule has 19 heavy (non-hydrogen) atoms. The third-order valence-electron chi connectivity index (χ3n) is 4.01. The molecule has 1 aromatic rings. The maximum absolute atomic E-state index is 13.3. The van der Waals surface area contributed by atoms with E-state index in [4.69, 9.17) is 0 Å². The van der Waals surface area contributed by atoms with Gasteiger partial charge in [-0.1, -0.05) is 13.3 Å². The summed E-state index contributed by atoms with van der Waals surface area (Å²) in [5, 5.41) is 0. The van der Waals surface area contributed by atoms with Crippen LogP contribution in [0.15, 0.2) is 18.2 Å². The van der Waals surface area contributed by atoms with E-state index in [1.165, 1.54) is 12.1 Å². The van der Waals surface area contributed by atoms with Gasteiger partial charge < -0.3 is 4.79 Å². The number of rotatable bonds is 5. The van der Waals surface area contributed by atoms with Gasteiger partial charge in [0, 0.05) is 17.4 Å². The van der Waals surface area contributed by atoms with Crippen LogP contribution in [-0.4, -0.2) is 11.6 Å². The van der Waals surface area contributed by atoms with Crippen LogP contribution in [0.5, 0.6) is 0 Å². The molecule has 0 bridgehead atoms. The highest BCUT2D eigenvalue weighted by Gasteiger charge is 2.44. The van der Waals surface area contributed by atoms with Gasteiger partial charge in [0.25, 0.3) is 0 Å². The van der Waals surface area contributed by atoms with E-state index in [1.807, 2.05) is 6.92 Å². The van der Waals surface area contributed by atoms with Crippen LogP contribution in [0.4, 0.5) is 4.39 Å². The lowest BCUT2D eigenvalue weighted by Gasteiger charge is -2.26. The molecule has 0 N–H and O–H groups in total. The van der Waals surface area contributed by atoms with Crippen LogP contribution < -0.4 is 0 Å². The first-order valence-corrected chi connectivity index (χ1v) is 6.81. The Hall–Kier alpha value is -1.51. The predicted octanol–water partition coefficient (Wildman–Crippen LogP) is 3.72. The van der Waals surface area contributed by atoms with Gasteiger partial charge in [-0.05, 0) is 49.9 Å². The summed E-state index contributed by atoms with van der Waals surface area (Å²) in [6.45, 7) is 3.58. The van der Waals surface area contributed by atoms with Crippen molar-refractivity contribution >= 4 is 11.6 Å². The molecule has 0 saturated carbocycles. The molecule has 0 aliphatic heterocycles. The van der Waals surface area contributed by atoms with Gasteiger partial charge in [0.15, 0.2) is 5.78 Å². The Morgan fingerprint density at radius 3 is 2.74 bits per heavy atom. The van der Waals surface area contributed by atoms with Gasteiger partial charge in [0.1, 0.15) is 11.6 Å². The molecule has 3 heteroatoms. The van der Waals surface area contributed by atoms with Crippen molar-refractivity contribution in [2.75, 3.05) is 0 Å². The van der Waals surface area contributed by atoms with Crippen molar-refractivity contribution in [3.8, 4) is 0 Å². The van der Waals surface area contributed by atoms with Crippen LogP contribution in [0, 0.1) is 11.2 Å². The number of hydrogen-bond donors (Lipinski definition) is 0. The molecule has 0 fully saturated rings. The van der Waals surface area contributed by atoms with Crippen molar-refractivity contribution in [3.63, 3.8) is 0 Å². The second-order valence-electron chi connectivity index (χ2n) is 5.54. The van der Waals surface area contributed by atoms with E-state index in [0.717, 1.165) is 18.4 Å². The summed E-state index contributed by atoms with van der Waals surface area (Å²) in [7, 11) is 0. The number of benzene rings is 1. The van der Waals surface area contributed by atoms with Crippen LogP contribution in [0.2, 0.25) is 0 Å². The fourth-order valence-corrected chi connectivity index (χ4v) is 3.08. The number of halogens is 1. The second kappa shape index (κ2) is 5.24. The highest BCUT2D eigenvalue weighted by Crippen LogP contribution is 2.44. The topological polar surface area (TPSA) is 34.1 Å². The van der Waals surface area contributed by atoms with E-state index >= 15 is 0 Å². The molecular formula is C16H19FO2. The Morgan fingerprint density at radius 2 is 2.11 bits per heavy atom. The molecule has 0 aromatic heterocycles. The summed E-state index contributed by atoms with van der Waals surface area (Å²) in [6, 6.07) is 4.38. The molecule has 1 aromatic carbocycles. The highest BCUT2D eigenvalue weighted by molar-refractivity contribution is 6.05. The molecule has 0 amide bonds. The first-order valence-electron chi connectivity index (χ1n) is 6.81. The first-order chi connectivity index (χ1) is 8.98. The zero-order valence-electron chi connectivity index (χ0n) is 11.5. The van der Waals surface area contributed by atoms with E-state index < -0.39 is 5.41 Å². The normalized spacial score (nSPS) is 21.5. The molecule has 102 valence electrons. The van der Waals surface area contributed by atoms with E-state index in [-0.39, 0.29) is 17.4 Å². The van der Waals surface area contributed by atoms with Crippen molar-refractivity contribution < 1.29 is 14.0 Å². The summed E-state index contributed by atoms with van der Waals surface area (Å²) in [6.07, 6.45) is 3.21.